The van der Waals surface area contributed by atoms with Crippen molar-refractivity contribution < 1.29 is 0 Å². The molecule has 0 amide bonds. The molecular formula is C40H30Br2N4. The van der Waals surface area contributed by atoms with Crippen LogP contribution in [-0.4, -0.2) is 12.4 Å². The molecule has 0 unspecified atom stereocenters. The van der Waals surface area contributed by atoms with Gasteiger partial charge in [-0.3, -0.25) is 9.98 Å². The quantitative estimate of drug-likeness (QED) is 0.178. The van der Waals surface area contributed by atoms with Crippen molar-refractivity contribution in [3.05, 3.63) is 156 Å². The maximum Gasteiger partial charge on any atom is 0.0870 e. The number of halogens is 2. The van der Waals surface area contributed by atoms with Crippen LogP contribution in [0.3, 0.4) is 0 Å². The largest absolute Gasteiger partial charge is 0.359 e. The number of rotatable bonds is 4. The van der Waals surface area contributed by atoms with Gasteiger partial charge in [-0.05, 0) is 68.1 Å². The summed E-state index contributed by atoms with van der Waals surface area (Å²) in [5.41, 5.74) is 9.93. The predicted octanol–water partition coefficient (Wildman–Crippen LogP) is 11.8. The van der Waals surface area contributed by atoms with Crippen molar-refractivity contribution >= 4 is 99.7 Å². The van der Waals surface area contributed by atoms with Gasteiger partial charge >= 0.3 is 0 Å². The van der Waals surface area contributed by atoms with Crippen molar-refractivity contribution in [3.63, 3.8) is 0 Å². The Labute approximate surface area is 285 Å². The minimum Gasteiger partial charge on any atom is -0.359 e. The van der Waals surface area contributed by atoms with E-state index in [4.69, 9.17) is 9.98 Å². The molecule has 1 aliphatic rings. The van der Waals surface area contributed by atoms with Gasteiger partial charge < -0.3 is 10.6 Å². The fraction of sp³-hybridized carbons (Fsp3) is 0.0500. The molecule has 0 atom stereocenters. The third kappa shape index (κ3) is 6.59. The minimum atomic E-state index is 0.805. The number of aliphatic imine (C=N–C) groups is 2. The van der Waals surface area contributed by atoms with E-state index in [1.807, 2.05) is 24.8 Å². The zero-order valence-corrected chi connectivity index (χ0v) is 28.1. The van der Waals surface area contributed by atoms with E-state index in [-0.39, 0.29) is 0 Å². The second kappa shape index (κ2) is 13.7. The summed E-state index contributed by atoms with van der Waals surface area (Å²) >= 11 is 7.14. The van der Waals surface area contributed by atoms with Gasteiger partial charge in [0.15, 0.2) is 0 Å². The van der Waals surface area contributed by atoms with Gasteiger partial charge in [0.25, 0.3) is 0 Å². The highest BCUT2D eigenvalue weighted by atomic mass is 79.9. The van der Waals surface area contributed by atoms with Gasteiger partial charge in [-0.2, -0.15) is 0 Å². The van der Waals surface area contributed by atoms with Crippen LogP contribution in [-0.2, 0) is 10.7 Å². The van der Waals surface area contributed by atoms with Gasteiger partial charge in [-0.25, -0.2) is 0 Å². The van der Waals surface area contributed by atoms with Crippen LogP contribution in [0.25, 0.3) is 32.7 Å². The van der Waals surface area contributed by atoms with Crippen molar-refractivity contribution in [2.24, 2.45) is 9.98 Å². The Hall–Kier alpha value is -4.78. The van der Waals surface area contributed by atoms with Crippen LogP contribution in [0.1, 0.15) is 22.3 Å². The van der Waals surface area contributed by atoms with Gasteiger partial charge in [0.2, 0.25) is 0 Å². The molecular weight excluding hydrogens is 696 g/mol. The zero-order chi connectivity index (χ0) is 31.3. The van der Waals surface area contributed by atoms with Crippen molar-refractivity contribution in [3.8, 4) is 0 Å². The number of nitrogens with one attached hydrogen (secondary N) is 2. The molecule has 0 bridgehead atoms. The molecule has 0 aliphatic carbocycles. The summed E-state index contributed by atoms with van der Waals surface area (Å²) in [5.74, 6) is 0. The van der Waals surface area contributed by atoms with Crippen LogP contribution in [0.15, 0.2) is 144 Å². The first kappa shape index (κ1) is 29.9. The van der Waals surface area contributed by atoms with Crippen molar-refractivity contribution in [1.29, 1.82) is 0 Å². The number of hydrogen-bond donors (Lipinski definition) is 2. The Balaban J connectivity index is 1.42. The van der Waals surface area contributed by atoms with E-state index < -0.39 is 0 Å². The van der Waals surface area contributed by atoms with E-state index in [2.05, 4.69) is 164 Å². The molecule has 0 aromatic heterocycles. The van der Waals surface area contributed by atoms with E-state index in [0.717, 1.165) is 77.2 Å². The summed E-state index contributed by atoms with van der Waals surface area (Å²) < 4.78 is 0. The summed E-state index contributed by atoms with van der Waals surface area (Å²) in [5, 5.41) is 13.3. The molecule has 6 aromatic rings. The molecule has 7 rings (SSSR count). The lowest BCUT2D eigenvalue weighted by molar-refractivity contribution is 1.42. The topological polar surface area (TPSA) is 48.8 Å². The third-order valence-electron chi connectivity index (χ3n) is 8.06. The molecule has 46 heavy (non-hydrogen) atoms. The van der Waals surface area contributed by atoms with Crippen LogP contribution in [0.5, 0.6) is 0 Å². The molecule has 6 aromatic carbocycles. The Kier molecular flexibility index (Phi) is 8.90. The number of allylic oxidation sites excluding steroid dienone is 2. The van der Waals surface area contributed by atoms with E-state index in [0.29, 0.717) is 0 Å². The molecule has 0 radical (unpaired) electrons. The molecule has 1 aliphatic heterocycles. The minimum absolute atomic E-state index is 0.805. The lowest BCUT2D eigenvalue weighted by Gasteiger charge is -2.13. The smallest absolute Gasteiger partial charge is 0.0870 e. The van der Waals surface area contributed by atoms with Gasteiger partial charge in [-0.1, -0.05) is 129 Å². The van der Waals surface area contributed by atoms with Crippen LogP contribution < -0.4 is 10.6 Å². The molecule has 1 heterocycles. The molecule has 0 spiro atoms. The molecule has 224 valence electrons. The number of alkyl halides is 2. The van der Waals surface area contributed by atoms with Crippen LogP contribution in [0, 0.1) is 0 Å². The summed E-state index contributed by atoms with van der Waals surface area (Å²) in [7, 11) is 0. The molecule has 0 fully saturated rings. The average molecular weight is 727 g/mol. The zero-order valence-electron chi connectivity index (χ0n) is 24.9. The number of benzene rings is 6. The molecule has 6 heteroatoms. The average Bonchev–Trinajstić information content (AvgIpc) is 3.11. The fourth-order valence-electron chi connectivity index (χ4n) is 5.45. The van der Waals surface area contributed by atoms with Crippen LogP contribution in [0.2, 0.25) is 0 Å². The third-order valence-corrected chi connectivity index (χ3v) is 9.36. The van der Waals surface area contributed by atoms with Gasteiger partial charge in [0.1, 0.15) is 0 Å². The SMILES string of the molecule is BrCc1ccc(/C2=C/Nc3cc4ccccc4cc3N=C/C(c3ccc(CBr)cc3)=C\Nc3cc4ccccc4cc3N=C2)cc1. The number of hydrogen-bond acceptors (Lipinski definition) is 4. The van der Waals surface area contributed by atoms with Gasteiger partial charge in [-0.15, -0.1) is 0 Å². The molecule has 2 N–H and O–H groups in total. The van der Waals surface area contributed by atoms with Crippen LogP contribution >= 0.6 is 31.9 Å². The first-order valence-corrected chi connectivity index (χ1v) is 17.3. The lowest BCUT2D eigenvalue weighted by atomic mass is 10.0. The van der Waals surface area contributed by atoms with E-state index in [9.17, 15) is 0 Å². The lowest BCUT2D eigenvalue weighted by Crippen LogP contribution is -1.98. The van der Waals surface area contributed by atoms with E-state index in [1.165, 1.54) is 11.1 Å². The monoisotopic (exact) mass is 724 g/mol. The predicted molar refractivity (Wildman–Crippen MR) is 206 cm³/mol. The number of nitrogens with zero attached hydrogens (tertiary/aromatic N) is 2. The maximum absolute atomic E-state index is 5.08. The second-order valence-corrected chi connectivity index (χ2v) is 12.2. The molecule has 0 saturated carbocycles. The Morgan fingerprint density at radius 1 is 0.457 bits per heavy atom. The standard InChI is InChI=1S/C40H30Br2N4/c41-21-27-9-13-29(14-10-27)35-23-43-37-17-31-5-1-2-6-32(31)18-38(37)44-24-36(30-15-11-28(22-42)12-16-30)26-46-40-20-34-8-4-3-7-33(34)19-39(40)45-25-35/h1-20,23-26,43,46H,21-22H2/b35-23+,36-26+,44-24?,45-25?. The summed E-state index contributed by atoms with van der Waals surface area (Å²) in [4.78, 5) is 10.2. The van der Waals surface area contributed by atoms with Crippen molar-refractivity contribution in [1.82, 2.24) is 0 Å². The first-order chi connectivity index (χ1) is 22.7. The fourth-order valence-corrected chi connectivity index (χ4v) is 6.20. The summed E-state index contributed by atoms with van der Waals surface area (Å²) in [6.45, 7) is 0. The second-order valence-electron chi connectivity index (χ2n) is 11.1. The van der Waals surface area contributed by atoms with Gasteiger partial charge in [0.05, 0.1) is 22.7 Å². The van der Waals surface area contributed by atoms with E-state index in [1.54, 1.807) is 0 Å². The van der Waals surface area contributed by atoms with Crippen molar-refractivity contribution in [2.75, 3.05) is 10.6 Å². The Bertz CT molecular complexity index is 2000. The summed E-state index contributed by atoms with van der Waals surface area (Å²) in [6, 6.07) is 42.4. The highest BCUT2D eigenvalue weighted by Gasteiger charge is 2.10. The Morgan fingerprint density at radius 2 is 0.826 bits per heavy atom. The number of fused-ring (bicyclic) bond motifs is 4. The first-order valence-electron chi connectivity index (χ1n) is 15.0. The van der Waals surface area contributed by atoms with Gasteiger partial charge in [0, 0.05) is 46.6 Å². The molecule has 4 nitrogen and oxygen atoms in total. The highest BCUT2D eigenvalue weighted by Crippen LogP contribution is 2.34. The van der Waals surface area contributed by atoms with Crippen LogP contribution in [0.4, 0.5) is 22.7 Å². The molecule has 0 saturated heterocycles. The Morgan fingerprint density at radius 3 is 1.20 bits per heavy atom. The summed E-state index contributed by atoms with van der Waals surface area (Å²) in [6.07, 6.45) is 7.91. The maximum atomic E-state index is 5.08. The normalized spacial score (nSPS) is 15.4. The number of anilines is 2. The van der Waals surface area contributed by atoms with E-state index >= 15 is 0 Å². The highest BCUT2D eigenvalue weighted by molar-refractivity contribution is 9.08. The van der Waals surface area contributed by atoms with Crippen molar-refractivity contribution in [2.45, 2.75) is 10.7 Å².